The van der Waals surface area contributed by atoms with Gasteiger partial charge >= 0.3 is 5.97 Å². The highest BCUT2D eigenvalue weighted by atomic mass is 35.5. The fraction of sp³-hybridized carbons (Fsp3) is 0.417. The molecule has 0 radical (unpaired) electrons. The van der Waals surface area contributed by atoms with E-state index in [4.69, 9.17) is 21.7 Å². The zero-order valence-electron chi connectivity index (χ0n) is 17.7. The number of nitrogens with zero attached hydrogens (tertiary/aromatic N) is 2. The van der Waals surface area contributed by atoms with E-state index in [-0.39, 0.29) is 24.2 Å². The maximum Gasteiger partial charge on any atom is 0.303 e. The predicted octanol–water partition coefficient (Wildman–Crippen LogP) is 5.02. The molecule has 2 atom stereocenters. The molecular weight excluding hydrogens is 416 g/mol. The van der Waals surface area contributed by atoms with E-state index in [0.29, 0.717) is 28.6 Å². The summed E-state index contributed by atoms with van der Waals surface area (Å²) >= 11 is 6.21. The van der Waals surface area contributed by atoms with Gasteiger partial charge in [0.2, 0.25) is 11.8 Å². The first kappa shape index (κ1) is 21.5. The van der Waals surface area contributed by atoms with Gasteiger partial charge in [-0.15, -0.1) is 0 Å². The van der Waals surface area contributed by atoms with Crippen LogP contribution in [-0.2, 0) is 20.8 Å². The van der Waals surface area contributed by atoms with Crippen molar-refractivity contribution < 1.29 is 19.5 Å². The Morgan fingerprint density at radius 3 is 2.61 bits per heavy atom. The highest BCUT2D eigenvalue weighted by Gasteiger charge is 2.36. The number of carbonyl (C=O) groups excluding carboxylic acids is 2. The number of anilines is 1. The van der Waals surface area contributed by atoms with Crippen molar-refractivity contribution in [1.29, 1.82) is 0 Å². The fourth-order valence-electron chi connectivity index (χ4n) is 5.14. The molecule has 1 aromatic heterocycles. The second kappa shape index (κ2) is 8.42. The number of carboxylic acids is 1. The Kier molecular flexibility index (Phi) is 5.84. The summed E-state index contributed by atoms with van der Waals surface area (Å²) in [6.45, 7) is 2.80. The summed E-state index contributed by atoms with van der Waals surface area (Å²) in [5.41, 5.74) is 4.46. The van der Waals surface area contributed by atoms with Crippen LogP contribution in [0.5, 0.6) is 0 Å². The van der Waals surface area contributed by atoms with E-state index in [1.165, 1.54) is 24.3 Å². The first-order valence-electron chi connectivity index (χ1n) is 10.6. The van der Waals surface area contributed by atoms with Gasteiger partial charge in [0, 0.05) is 41.9 Å². The number of rotatable bonds is 5. The Labute approximate surface area is 185 Å². The molecule has 0 fully saturated rings. The number of hydrogen-bond donors (Lipinski definition) is 1. The molecule has 4 rings (SSSR count). The molecule has 0 aliphatic heterocycles. The molecule has 31 heavy (non-hydrogen) atoms. The van der Waals surface area contributed by atoms with Crippen molar-refractivity contribution in [3.05, 3.63) is 46.1 Å². The lowest BCUT2D eigenvalue weighted by Crippen LogP contribution is -2.36. The first-order valence-corrected chi connectivity index (χ1v) is 11.0. The van der Waals surface area contributed by atoms with Crippen LogP contribution in [-0.4, -0.2) is 27.9 Å². The topological polar surface area (TPSA) is 87.6 Å². The van der Waals surface area contributed by atoms with E-state index >= 15 is 0 Å². The lowest BCUT2D eigenvalue weighted by Gasteiger charge is -2.38. The van der Waals surface area contributed by atoms with E-state index in [0.717, 1.165) is 42.3 Å². The van der Waals surface area contributed by atoms with Gasteiger partial charge in [-0.25, -0.2) is 0 Å². The van der Waals surface area contributed by atoms with E-state index in [1.54, 1.807) is 12.1 Å². The molecule has 0 saturated carbocycles. The van der Waals surface area contributed by atoms with Gasteiger partial charge in [-0.05, 0) is 62.1 Å². The van der Waals surface area contributed by atoms with Gasteiger partial charge in [0.15, 0.2) is 0 Å². The molecule has 2 aliphatic rings. The summed E-state index contributed by atoms with van der Waals surface area (Å²) in [7, 11) is 0. The number of aromatic nitrogens is 1. The quantitative estimate of drug-likeness (QED) is 0.659. The minimum atomic E-state index is -0.780. The average molecular weight is 441 g/mol. The number of benzene rings is 1. The van der Waals surface area contributed by atoms with E-state index < -0.39 is 5.97 Å². The molecule has 0 spiro atoms. The number of carboxylic acid groups (broad SMARTS) is 1. The van der Waals surface area contributed by atoms with Gasteiger partial charge in [-0.2, -0.15) is 0 Å². The summed E-state index contributed by atoms with van der Waals surface area (Å²) in [4.78, 5) is 42.1. The van der Waals surface area contributed by atoms with Crippen LogP contribution in [0.4, 0.5) is 5.69 Å². The maximum atomic E-state index is 12.5. The Balaban J connectivity index is 1.83. The molecule has 6 nitrogen and oxygen atoms in total. The van der Waals surface area contributed by atoms with Crippen molar-refractivity contribution in [2.75, 3.05) is 4.90 Å². The van der Waals surface area contributed by atoms with Crippen LogP contribution < -0.4 is 4.90 Å². The standard InChI is InChI=1S/C24H25ClN2O4/c1-13(28)27(14(2)29)24-19-7-6-18(25)12-20(19)26-21-11-16-8-15(4-3-5-22(30)31)9-17(10-16)23(21)24/h6-8,12,16-17H,3-5,9-11H2,1-2H3,(H,30,31). The number of aliphatic carboxylic acids is 1. The molecule has 1 heterocycles. The summed E-state index contributed by atoms with van der Waals surface area (Å²) < 4.78 is 0. The summed E-state index contributed by atoms with van der Waals surface area (Å²) in [5, 5.41) is 10.2. The van der Waals surface area contributed by atoms with Crippen LogP contribution in [0, 0.1) is 5.92 Å². The molecule has 0 saturated heterocycles. The van der Waals surface area contributed by atoms with Gasteiger partial charge in [0.25, 0.3) is 0 Å². The molecular formula is C24H25ClN2O4. The molecule has 7 heteroatoms. The third kappa shape index (κ3) is 4.22. The van der Waals surface area contributed by atoms with Crippen LogP contribution in [0.25, 0.3) is 10.9 Å². The molecule has 2 aromatic rings. The van der Waals surface area contributed by atoms with E-state index in [1.807, 2.05) is 6.07 Å². The van der Waals surface area contributed by atoms with Crippen LogP contribution in [0.3, 0.4) is 0 Å². The van der Waals surface area contributed by atoms with Gasteiger partial charge < -0.3 is 5.11 Å². The minimum absolute atomic E-state index is 0.141. The number of hydrogen-bond acceptors (Lipinski definition) is 4. The lowest BCUT2D eigenvalue weighted by molar-refractivity contribution is -0.137. The SMILES string of the molecule is CC(=O)N(C(C)=O)c1c2c(nc3cc(Cl)ccc13)CC1C=C(CCCC(=O)O)CC2C1. The number of pyridine rings is 1. The van der Waals surface area contributed by atoms with Gasteiger partial charge in [-0.1, -0.05) is 23.3 Å². The highest BCUT2D eigenvalue weighted by molar-refractivity contribution is 6.31. The second-order valence-corrected chi connectivity index (χ2v) is 8.97. The lowest BCUT2D eigenvalue weighted by atomic mass is 9.70. The Bertz CT molecular complexity index is 1110. The average Bonchev–Trinajstić information content (AvgIpc) is 2.66. The van der Waals surface area contributed by atoms with Crippen molar-refractivity contribution in [3.8, 4) is 0 Å². The zero-order valence-corrected chi connectivity index (χ0v) is 18.4. The van der Waals surface area contributed by atoms with E-state index in [9.17, 15) is 14.4 Å². The number of imide groups is 1. The summed E-state index contributed by atoms with van der Waals surface area (Å²) in [5.74, 6) is -0.967. The number of fused-ring (bicyclic) bond motifs is 5. The Morgan fingerprint density at radius 1 is 1.19 bits per heavy atom. The molecule has 2 aliphatic carbocycles. The number of allylic oxidation sites excluding steroid dienone is 2. The van der Waals surface area contributed by atoms with Crippen LogP contribution in [0.2, 0.25) is 5.02 Å². The van der Waals surface area contributed by atoms with Crippen LogP contribution in [0.1, 0.15) is 63.1 Å². The molecule has 1 N–H and O–H groups in total. The first-order chi connectivity index (χ1) is 14.7. The Morgan fingerprint density at radius 2 is 1.94 bits per heavy atom. The molecule has 2 amide bonds. The van der Waals surface area contributed by atoms with E-state index in [2.05, 4.69) is 6.08 Å². The maximum absolute atomic E-state index is 12.5. The number of halogens is 1. The molecule has 2 unspecified atom stereocenters. The second-order valence-electron chi connectivity index (χ2n) is 8.53. The Hall–Kier alpha value is -2.73. The van der Waals surface area contributed by atoms with Crippen molar-refractivity contribution in [2.24, 2.45) is 5.92 Å². The molecule has 2 bridgehead atoms. The summed E-state index contributed by atoms with van der Waals surface area (Å²) in [6.07, 6.45) is 6.26. The third-order valence-electron chi connectivity index (χ3n) is 6.21. The largest absolute Gasteiger partial charge is 0.481 e. The predicted molar refractivity (Wildman–Crippen MR) is 119 cm³/mol. The normalized spacial score (nSPS) is 19.5. The van der Waals surface area contributed by atoms with Gasteiger partial charge in [0.1, 0.15) is 0 Å². The van der Waals surface area contributed by atoms with Gasteiger partial charge in [-0.3, -0.25) is 24.3 Å². The van der Waals surface area contributed by atoms with Crippen molar-refractivity contribution in [2.45, 2.75) is 58.3 Å². The molecule has 162 valence electrons. The van der Waals surface area contributed by atoms with Crippen molar-refractivity contribution >= 4 is 46.0 Å². The van der Waals surface area contributed by atoms with Gasteiger partial charge in [0.05, 0.1) is 11.2 Å². The minimum Gasteiger partial charge on any atom is -0.481 e. The van der Waals surface area contributed by atoms with Crippen LogP contribution in [0.15, 0.2) is 29.8 Å². The molecule has 1 aromatic carbocycles. The number of carbonyl (C=O) groups is 3. The van der Waals surface area contributed by atoms with Crippen molar-refractivity contribution in [1.82, 2.24) is 4.98 Å². The third-order valence-corrected chi connectivity index (χ3v) is 6.44. The van der Waals surface area contributed by atoms with Crippen molar-refractivity contribution in [3.63, 3.8) is 0 Å². The fourth-order valence-corrected chi connectivity index (χ4v) is 5.31. The number of amides is 2. The zero-order chi connectivity index (χ0) is 22.3. The highest BCUT2D eigenvalue weighted by Crippen LogP contribution is 2.49. The monoisotopic (exact) mass is 440 g/mol. The smallest absolute Gasteiger partial charge is 0.303 e. The summed E-state index contributed by atoms with van der Waals surface area (Å²) in [6, 6.07) is 5.36. The van der Waals surface area contributed by atoms with Crippen LogP contribution >= 0.6 is 11.6 Å².